The van der Waals surface area contributed by atoms with Crippen molar-refractivity contribution in [3.05, 3.63) is 0 Å². The lowest BCUT2D eigenvalue weighted by Gasteiger charge is -2.59. The zero-order chi connectivity index (χ0) is 14.5. The van der Waals surface area contributed by atoms with Gasteiger partial charge >= 0.3 is 0 Å². The molecule has 0 aromatic carbocycles. The fourth-order valence-electron chi connectivity index (χ4n) is 5.45. The molecule has 0 amide bonds. The highest BCUT2D eigenvalue weighted by Gasteiger charge is 2.59. The molecule has 0 bridgehead atoms. The van der Waals surface area contributed by atoms with Crippen LogP contribution in [0.3, 0.4) is 0 Å². The van der Waals surface area contributed by atoms with Crippen molar-refractivity contribution in [2.45, 2.75) is 86.9 Å². The summed E-state index contributed by atoms with van der Waals surface area (Å²) in [5, 5.41) is 0. The Bertz CT molecular complexity index is 337. The van der Waals surface area contributed by atoms with E-state index in [4.69, 9.17) is 9.47 Å². The molecule has 2 unspecified atom stereocenters. The average molecular weight is 311 g/mol. The quantitative estimate of drug-likeness (QED) is 0.766. The molecule has 4 fully saturated rings. The summed E-state index contributed by atoms with van der Waals surface area (Å²) in [4.78, 5) is 0. The zero-order valence-electron chi connectivity index (χ0n) is 13.6. The minimum absolute atomic E-state index is 0.419. The van der Waals surface area contributed by atoms with Crippen LogP contribution in [0.2, 0.25) is 0 Å². The van der Waals surface area contributed by atoms with Gasteiger partial charge in [-0.1, -0.05) is 13.8 Å². The molecule has 2 heterocycles. The molecule has 4 aliphatic rings. The molecular weight excluding hydrogens is 280 g/mol. The normalized spacial score (nSPS) is 53.4. The number of ether oxygens (including phenoxy) is 2. The third kappa shape index (κ3) is 2.48. The lowest BCUT2D eigenvalue weighted by molar-refractivity contribution is 0.0142. The Morgan fingerprint density at radius 3 is 1.48 bits per heavy atom. The van der Waals surface area contributed by atoms with Crippen molar-refractivity contribution in [2.24, 2.45) is 11.8 Å². The SMILES string of the molecule is CC1CC(SC2(C3CCCO3)CC(C)C2)(C2CCCO2)C1. The Hall–Kier alpha value is 0.270. The van der Waals surface area contributed by atoms with Crippen LogP contribution in [-0.4, -0.2) is 34.9 Å². The van der Waals surface area contributed by atoms with Crippen LogP contribution in [-0.2, 0) is 9.47 Å². The van der Waals surface area contributed by atoms with Gasteiger partial charge in [-0.25, -0.2) is 0 Å². The summed E-state index contributed by atoms with van der Waals surface area (Å²) in [5.41, 5.74) is 0. The lowest BCUT2D eigenvalue weighted by atomic mass is 9.70. The topological polar surface area (TPSA) is 18.5 Å². The summed E-state index contributed by atoms with van der Waals surface area (Å²) in [6.45, 7) is 6.81. The van der Waals surface area contributed by atoms with Crippen molar-refractivity contribution in [2.75, 3.05) is 13.2 Å². The molecule has 3 heteroatoms. The lowest BCUT2D eigenvalue weighted by Crippen LogP contribution is -2.58. The summed E-state index contributed by atoms with van der Waals surface area (Å²) >= 11 is 2.32. The van der Waals surface area contributed by atoms with Crippen LogP contribution in [0, 0.1) is 11.8 Å². The second-order valence-electron chi connectivity index (χ2n) is 8.26. The fourth-order valence-corrected chi connectivity index (χ4v) is 8.37. The van der Waals surface area contributed by atoms with Crippen molar-refractivity contribution in [1.29, 1.82) is 0 Å². The molecule has 2 atom stereocenters. The highest BCUT2D eigenvalue weighted by Crippen LogP contribution is 2.64. The highest BCUT2D eigenvalue weighted by molar-refractivity contribution is 8.02. The molecule has 0 spiro atoms. The third-order valence-corrected chi connectivity index (χ3v) is 8.22. The van der Waals surface area contributed by atoms with E-state index >= 15 is 0 Å². The standard InChI is InChI=1S/C18H30O2S/c1-13-9-17(10-13,15-5-3-7-19-15)21-18(11-14(2)12-18)16-6-4-8-20-16/h13-16H,3-12H2,1-2H3. The van der Waals surface area contributed by atoms with Crippen LogP contribution in [0.5, 0.6) is 0 Å². The highest BCUT2D eigenvalue weighted by atomic mass is 32.2. The largest absolute Gasteiger partial charge is 0.377 e. The van der Waals surface area contributed by atoms with E-state index < -0.39 is 0 Å². The second-order valence-corrected chi connectivity index (χ2v) is 10.1. The van der Waals surface area contributed by atoms with Crippen LogP contribution in [0.15, 0.2) is 0 Å². The smallest absolute Gasteiger partial charge is 0.0722 e. The summed E-state index contributed by atoms with van der Waals surface area (Å²) in [5.74, 6) is 1.78. The van der Waals surface area contributed by atoms with E-state index in [1.165, 1.54) is 51.4 Å². The van der Waals surface area contributed by atoms with Crippen molar-refractivity contribution in [3.8, 4) is 0 Å². The van der Waals surface area contributed by atoms with Gasteiger partial charge in [0.15, 0.2) is 0 Å². The zero-order valence-corrected chi connectivity index (χ0v) is 14.4. The van der Waals surface area contributed by atoms with Gasteiger partial charge < -0.3 is 9.47 Å². The van der Waals surface area contributed by atoms with Crippen molar-refractivity contribution < 1.29 is 9.47 Å². The molecule has 0 radical (unpaired) electrons. The summed E-state index contributed by atoms with van der Waals surface area (Å²) in [6, 6.07) is 0. The minimum atomic E-state index is 0.419. The molecule has 2 aliphatic heterocycles. The number of hydrogen-bond donors (Lipinski definition) is 0. The monoisotopic (exact) mass is 310 g/mol. The van der Waals surface area contributed by atoms with Crippen molar-refractivity contribution in [3.63, 3.8) is 0 Å². The molecular formula is C18H30O2S. The van der Waals surface area contributed by atoms with Gasteiger partial charge in [0.25, 0.3) is 0 Å². The minimum Gasteiger partial charge on any atom is -0.377 e. The molecule has 2 saturated heterocycles. The maximum atomic E-state index is 6.15. The Morgan fingerprint density at radius 2 is 1.19 bits per heavy atom. The Morgan fingerprint density at radius 1 is 0.762 bits per heavy atom. The van der Waals surface area contributed by atoms with E-state index in [9.17, 15) is 0 Å². The van der Waals surface area contributed by atoms with Crippen molar-refractivity contribution in [1.82, 2.24) is 0 Å². The summed E-state index contributed by atoms with van der Waals surface area (Å²) in [6.07, 6.45) is 11.6. The summed E-state index contributed by atoms with van der Waals surface area (Å²) < 4.78 is 13.1. The first-order chi connectivity index (χ1) is 10.1. The molecule has 2 nitrogen and oxygen atoms in total. The van der Waals surface area contributed by atoms with E-state index in [0.717, 1.165) is 25.0 Å². The average Bonchev–Trinajstić information content (AvgIpc) is 3.07. The Kier molecular flexibility index (Phi) is 3.83. The molecule has 2 aliphatic carbocycles. The van der Waals surface area contributed by atoms with Crippen LogP contribution in [0.25, 0.3) is 0 Å². The molecule has 21 heavy (non-hydrogen) atoms. The number of hydrogen-bond acceptors (Lipinski definition) is 3. The Labute approximate surface area is 133 Å². The van der Waals surface area contributed by atoms with Gasteiger partial charge in [0, 0.05) is 22.7 Å². The van der Waals surface area contributed by atoms with Gasteiger partial charge in [-0.2, -0.15) is 0 Å². The van der Waals surface area contributed by atoms with Gasteiger partial charge in [-0.05, 0) is 63.2 Å². The van der Waals surface area contributed by atoms with E-state index in [2.05, 4.69) is 25.6 Å². The Balaban J connectivity index is 1.53. The van der Waals surface area contributed by atoms with Crippen LogP contribution in [0.1, 0.15) is 65.2 Å². The fraction of sp³-hybridized carbons (Fsp3) is 1.00. The second kappa shape index (κ2) is 5.42. The molecule has 0 aromatic rings. The van der Waals surface area contributed by atoms with Gasteiger partial charge in [0.1, 0.15) is 0 Å². The van der Waals surface area contributed by atoms with Gasteiger partial charge in [-0.15, -0.1) is 11.8 Å². The van der Waals surface area contributed by atoms with Gasteiger partial charge in [-0.3, -0.25) is 0 Å². The predicted molar refractivity (Wildman–Crippen MR) is 87.8 cm³/mol. The van der Waals surface area contributed by atoms with Gasteiger partial charge in [0.2, 0.25) is 0 Å². The predicted octanol–water partition coefficient (Wildman–Crippen LogP) is 4.42. The molecule has 0 aromatic heterocycles. The van der Waals surface area contributed by atoms with Crippen LogP contribution in [0.4, 0.5) is 0 Å². The molecule has 120 valence electrons. The van der Waals surface area contributed by atoms with E-state index in [0.29, 0.717) is 21.7 Å². The first-order valence-electron chi connectivity index (χ1n) is 9.05. The number of thioether (sulfide) groups is 1. The van der Waals surface area contributed by atoms with E-state index in [-0.39, 0.29) is 0 Å². The van der Waals surface area contributed by atoms with E-state index in [1.807, 2.05) is 0 Å². The first kappa shape index (κ1) is 14.8. The first-order valence-corrected chi connectivity index (χ1v) is 9.87. The van der Waals surface area contributed by atoms with Crippen LogP contribution >= 0.6 is 11.8 Å². The van der Waals surface area contributed by atoms with E-state index in [1.54, 1.807) is 0 Å². The number of rotatable bonds is 4. The van der Waals surface area contributed by atoms with Gasteiger partial charge in [0.05, 0.1) is 12.2 Å². The maximum absolute atomic E-state index is 6.15. The maximum Gasteiger partial charge on any atom is 0.0722 e. The van der Waals surface area contributed by atoms with Crippen molar-refractivity contribution >= 4 is 11.8 Å². The van der Waals surface area contributed by atoms with Crippen LogP contribution < -0.4 is 0 Å². The molecule has 4 rings (SSSR count). The molecule has 2 saturated carbocycles. The summed E-state index contributed by atoms with van der Waals surface area (Å²) in [7, 11) is 0. The molecule has 0 N–H and O–H groups in total. The third-order valence-electron chi connectivity index (χ3n) is 6.22.